The molecule has 1 aromatic carbocycles. The van der Waals surface area contributed by atoms with E-state index in [1.165, 1.54) is 10.5 Å². The quantitative estimate of drug-likeness (QED) is 0.645. The van der Waals surface area contributed by atoms with Gasteiger partial charge in [-0.3, -0.25) is 0 Å². The van der Waals surface area contributed by atoms with E-state index in [2.05, 4.69) is 10.3 Å². The molecule has 1 N–H and O–H groups in total. The number of hydrogen-bond donors (Lipinski definition) is 1. The standard InChI is InChI=1S/C19H27N3O5S/c1-6-22(7-2)28(23,24)15-8-9-19(21-13-15)20-12-14-10-17(26-4)18(27-5)11-16(14)25-3/h8-11,13H,6-7,12H2,1-5H3,(H,20,21). The van der Waals surface area contributed by atoms with E-state index >= 15 is 0 Å². The monoisotopic (exact) mass is 409 g/mol. The lowest BCUT2D eigenvalue weighted by atomic mass is 10.1. The number of nitrogens with one attached hydrogen (secondary N) is 1. The maximum absolute atomic E-state index is 12.5. The van der Waals surface area contributed by atoms with Gasteiger partial charge in [-0.2, -0.15) is 4.31 Å². The molecule has 0 atom stereocenters. The molecule has 154 valence electrons. The summed E-state index contributed by atoms with van der Waals surface area (Å²) in [5, 5.41) is 3.16. The van der Waals surface area contributed by atoms with Crippen LogP contribution in [0.2, 0.25) is 0 Å². The van der Waals surface area contributed by atoms with Crippen molar-refractivity contribution in [1.29, 1.82) is 0 Å². The molecule has 28 heavy (non-hydrogen) atoms. The molecule has 8 nitrogen and oxygen atoms in total. The second-order valence-electron chi connectivity index (χ2n) is 5.84. The molecule has 0 aliphatic carbocycles. The predicted octanol–water partition coefficient (Wildman–Crippen LogP) is 2.75. The zero-order valence-electron chi connectivity index (χ0n) is 16.9. The van der Waals surface area contributed by atoms with Gasteiger partial charge >= 0.3 is 0 Å². The lowest BCUT2D eigenvalue weighted by Crippen LogP contribution is -2.30. The van der Waals surface area contributed by atoms with E-state index in [0.29, 0.717) is 42.7 Å². The van der Waals surface area contributed by atoms with Gasteiger partial charge in [-0.05, 0) is 18.2 Å². The van der Waals surface area contributed by atoms with Gasteiger partial charge in [0.2, 0.25) is 10.0 Å². The Balaban J connectivity index is 2.18. The molecule has 0 saturated heterocycles. The van der Waals surface area contributed by atoms with Crippen molar-refractivity contribution in [2.24, 2.45) is 0 Å². The summed E-state index contributed by atoms with van der Waals surface area (Å²) in [5.41, 5.74) is 0.849. The second kappa shape index (κ2) is 9.61. The van der Waals surface area contributed by atoms with E-state index in [1.54, 1.807) is 53.4 Å². The van der Waals surface area contributed by atoms with Gasteiger partial charge in [0, 0.05) is 37.5 Å². The van der Waals surface area contributed by atoms with Gasteiger partial charge in [0.15, 0.2) is 11.5 Å². The summed E-state index contributed by atoms with van der Waals surface area (Å²) in [6, 6.07) is 6.77. The van der Waals surface area contributed by atoms with Gasteiger partial charge in [0.1, 0.15) is 16.5 Å². The highest BCUT2D eigenvalue weighted by Crippen LogP contribution is 2.34. The highest BCUT2D eigenvalue weighted by atomic mass is 32.2. The maximum Gasteiger partial charge on any atom is 0.244 e. The average molecular weight is 410 g/mol. The largest absolute Gasteiger partial charge is 0.496 e. The van der Waals surface area contributed by atoms with Crippen LogP contribution in [-0.2, 0) is 16.6 Å². The zero-order chi connectivity index (χ0) is 20.7. The molecule has 0 spiro atoms. The molecule has 0 aliphatic rings. The fraction of sp³-hybridized carbons (Fsp3) is 0.421. The Morgan fingerprint density at radius 3 is 2.07 bits per heavy atom. The van der Waals surface area contributed by atoms with Gasteiger partial charge in [-0.1, -0.05) is 13.8 Å². The van der Waals surface area contributed by atoms with Gasteiger partial charge in [0.25, 0.3) is 0 Å². The van der Waals surface area contributed by atoms with E-state index in [4.69, 9.17) is 14.2 Å². The first-order chi connectivity index (χ1) is 13.4. The molecule has 0 radical (unpaired) electrons. The van der Waals surface area contributed by atoms with E-state index in [9.17, 15) is 8.42 Å². The fourth-order valence-corrected chi connectivity index (χ4v) is 4.17. The first-order valence-electron chi connectivity index (χ1n) is 8.90. The average Bonchev–Trinajstić information content (AvgIpc) is 2.72. The normalized spacial score (nSPS) is 11.4. The van der Waals surface area contributed by atoms with Crippen molar-refractivity contribution < 1.29 is 22.6 Å². The Kier molecular flexibility index (Phi) is 7.47. The van der Waals surface area contributed by atoms with Crippen LogP contribution >= 0.6 is 0 Å². The van der Waals surface area contributed by atoms with Crippen LogP contribution in [0.15, 0.2) is 35.4 Å². The molecule has 0 amide bonds. The van der Waals surface area contributed by atoms with Gasteiger partial charge < -0.3 is 19.5 Å². The smallest absolute Gasteiger partial charge is 0.244 e. The molecule has 9 heteroatoms. The lowest BCUT2D eigenvalue weighted by Gasteiger charge is -2.18. The minimum absolute atomic E-state index is 0.172. The Hall–Kier alpha value is -2.52. The number of methoxy groups -OCH3 is 3. The van der Waals surface area contributed by atoms with Crippen LogP contribution in [0, 0.1) is 0 Å². The molecule has 1 aromatic heterocycles. The predicted molar refractivity (Wildman–Crippen MR) is 108 cm³/mol. The second-order valence-corrected chi connectivity index (χ2v) is 7.78. The van der Waals surface area contributed by atoms with Crippen LogP contribution in [-0.4, -0.2) is 52.1 Å². The van der Waals surface area contributed by atoms with Gasteiger partial charge in [0.05, 0.1) is 21.3 Å². The number of aromatic nitrogens is 1. The number of ether oxygens (including phenoxy) is 3. The maximum atomic E-state index is 12.5. The summed E-state index contributed by atoms with van der Waals surface area (Å²) in [6.07, 6.45) is 1.36. The summed E-state index contributed by atoms with van der Waals surface area (Å²) in [7, 11) is 1.19. The zero-order valence-corrected chi connectivity index (χ0v) is 17.7. The van der Waals surface area contributed by atoms with Gasteiger partial charge in [-0.25, -0.2) is 13.4 Å². The highest BCUT2D eigenvalue weighted by molar-refractivity contribution is 7.89. The van der Waals surface area contributed by atoms with Crippen molar-refractivity contribution in [3.05, 3.63) is 36.0 Å². The van der Waals surface area contributed by atoms with Crippen molar-refractivity contribution in [3.63, 3.8) is 0 Å². The van der Waals surface area contributed by atoms with Crippen LogP contribution in [0.25, 0.3) is 0 Å². The van der Waals surface area contributed by atoms with Crippen LogP contribution in [0.4, 0.5) is 5.82 Å². The molecule has 0 fully saturated rings. The molecule has 0 aliphatic heterocycles. The Labute approximate surface area is 166 Å². The third kappa shape index (κ3) is 4.66. The van der Waals surface area contributed by atoms with E-state index < -0.39 is 10.0 Å². The third-order valence-corrected chi connectivity index (χ3v) is 6.36. The van der Waals surface area contributed by atoms with Crippen LogP contribution in [0.5, 0.6) is 17.2 Å². The van der Waals surface area contributed by atoms with Gasteiger partial charge in [-0.15, -0.1) is 0 Å². The van der Waals surface area contributed by atoms with E-state index in [0.717, 1.165) is 5.56 Å². The molecule has 0 unspecified atom stereocenters. The van der Waals surface area contributed by atoms with E-state index in [-0.39, 0.29) is 4.90 Å². The van der Waals surface area contributed by atoms with Crippen molar-refractivity contribution in [2.45, 2.75) is 25.3 Å². The SMILES string of the molecule is CCN(CC)S(=O)(=O)c1ccc(NCc2cc(OC)c(OC)cc2OC)nc1. The van der Waals surface area contributed by atoms with Crippen molar-refractivity contribution >= 4 is 15.8 Å². The van der Waals surface area contributed by atoms with Crippen molar-refractivity contribution in [2.75, 3.05) is 39.7 Å². The fourth-order valence-electron chi connectivity index (χ4n) is 2.77. The number of rotatable bonds is 10. The Bertz CT molecular complexity index is 881. The number of anilines is 1. The summed E-state index contributed by atoms with van der Waals surface area (Å²) in [4.78, 5) is 4.40. The first kappa shape index (κ1) is 21.8. The molecule has 2 aromatic rings. The summed E-state index contributed by atoms with van der Waals surface area (Å²) >= 11 is 0. The molecule has 0 bridgehead atoms. The van der Waals surface area contributed by atoms with Crippen molar-refractivity contribution in [1.82, 2.24) is 9.29 Å². The van der Waals surface area contributed by atoms with Crippen LogP contribution < -0.4 is 19.5 Å². The highest BCUT2D eigenvalue weighted by Gasteiger charge is 2.21. The Morgan fingerprint density at radius 1 is 0.964 bits per heavy atom. The summed E-state index contributed by atoms with van der Waals surface area (Å²) in [5.74, 6) is 2.36. The minimum Gasteiger partial charge on any atom is -0.496 e. The number of nitrogens with zero attached hydrogens (tertiary/aromatic N) is 2. The summed E-state index contributed by atoms with van der Waals surface area (Å²) < 4.78 is 42.5. The summed E-state index contributed by atoms with van der Waals surface area (Å²) in [6.45, 7) is 4.86. The van der Waals surface area contributed by atoms with E-state index in [1.807, 2.05) is 6.07 Å². The Morgan fingerprint density at radius 2 is 1.57 bits per heavy atom. The third-order valence-electron chi connectivity index (χ3n) is 4.33. The molecular formula is C19H27N3O5S. The number of pyridine rings is 1. The van der Waals surface area contributed by atoms with Crippen LogP contribution in [0.3, 0.4) is 0 Å². The van der Waals surface area contributed by atoms with Crippen LogP contribution in [0.1, 0.15) is 19.4 Å². The number of hydrogen-bond acceptors (Lipinski definition) is 7. The minimum atomic E-state index is -3.52. The first-order valence-corrected chi connectivity index (χ1v) is 10.3. The topological polar surface area (TPSA) is 90.0 Å². The molecular weight excluding hydrogens is 382 g/mol. The molecule has 2 rings (SSSR count). The lowest BCUT2D eigenvalue weighted by molar-refractivity contribution is 0.347. The number of benzene rings is 1. The molecule has 0 saturated carbocycles. The number of sulfonamides is 1. The van der Waals surface area contributed by atoms with Crippen molar-refractivity contribution in [3.8, 4) is 17.2 Å². The molecule has 1 heterocycles.